The van der Waals surface area contributed by atoms with Gasteiger partial charge in [0.25, 0.3) is 0 Å². The SMILES string of the molecule is N#CCC(C1CCCC1)n1ncc(-c2nc(O)nc3[nH]ccc23)c1O. The van der Waals surface area contributed by atoms with Crippen LogP contribution in [0.4, 0.5) is 0 Å². The van der Waals surface area contributed by atoms with E-state index in [4.69, 9.17) is 0 Å². The smallest absolute Gasteiger partial charge is 0.316 e. The number of hydrogen-bond acceptors (Lipinski definition) is 6. The van der Waals surface area contributed by atoms with Gasteiger partial charge in [-0.05, 0) is 24.8 Å². The third-order valence-corrected chi connectivity index (χ3v) is 4.99. The van der Waals surface area contributed by atoms with Crippen molar-refractivity contribution in [1.82, 2.24) is 24.7 Å². The Morgan fingerprint density at radius 3 is 2.88 bits per heavy atom. The fourth-order valence-electron chi connectivity index (χ4n) is 3.79. The molecule has 1 saturated carbocycles. The average molecular weight is 338 g/mol. The van der Waals surface area contributed by atoms with Crippen molar-refractivity contribution < 1.29 is 10.2 Å². The van der Waals surface area contributed by atoms with E-state index in [-0.39, 0.29) is 17.9 Å². The van der Waals surface area contributed by atoms with Crippen LogP contribution < -0.4 is 0 Å². The minimum Gasteiger partial charge on any atom is -0.493 e. The van der Waals surface area contributed by atoms with Gasteiger partial charge >= 0.3 is 6.01 Å². The van der Waals surface area contributed by atoms with Crippen molar-refractivity contribution in [3.8, 4) is 29.2 Å². The Bertz CT molecular complexity index is 948. The van der Waals surface area contributed by atoms with Crippen molar-refractivity contribution in [2.45, 2.75) is 38.1 Å². The van der Waals surface area contributed by atoms with E-state index in [9.17, 15) is 15.5 Å². The van der Waals surface area contributed by atoms with Crippen molar-refractivity contribution >= 4 is 11.0 Å². The lowest BCUT2D eigenvalue weighted by Gasteiger charge is -2.22. The number of aromatic amines is 1. The first kappa shape index (κ1) is 15.4. The predicted octanol–water partition coefficient (Wildman–Crippen LogP) is 2.88. The lowest BCUT2D eigenvalue weighted by Crippen LogP contribution is -2.18. The number of aromatic nitrogens is 5. The molecule has 25 heavy (non-hydrogen) atoms. The minimum absolute atomic E-state index is 0.0345. The van der Waals surface area contributed by atoms with Crippen LogP contribution in [0.25, 0.3) is 22.3 Å². The van der Waals surface area contributed by atoms with E-state index in [2.05, 4.69) is 26.1 Å². The second-order valence-electron chi connectivity index (χ2n) is 6.41. The number of nitrogens with zero attached hydrogens (tertiary/aromatic N) is 5. The molecule has 0 bridgehead atoms. The van der Waals surface area contributed by atoms with Crippen LogP contribution in [0.2, 0.25) is 0 Å². The van der Waals surface area contributed by atoms with E-state index < -0.39 is 0 Å². The van der Waals surface area contributed by atoms with Crippen molar-refractivity contribution in [3.63, 3.8) is 0 Å². The van der Waals surface area contributed by atoms with Gasteiger partial charge in [0.2, 0.25) is 5.88 Å². The number of H-pyrrole nitrogens is 1. The maximum absolute atomic E-state index is 10.8. The molecule has 0 radical (unpaired) electrons. The third-order valence-electron chi connectivity index (χ3n) is 4.99. The zero-order valence-corrected chi connectivity index (χ0v) is 13.6. The third kappa shape index (κ3) is 2.58. The van der Waals surface area contributed by atoms with Crippen molar-refractivity contribution in [1.29, 1.82) is 5.26 Å². The van der Waals surface area contributed by atoms with Gasteiger partial charge in [-0.15, -0.1) is 0 Å². The Labute approximate surface area is 143 Å². The summed E-state index contributed by atoms with van der Waals surface area (Å²) in [5, 5.41) is 34.7. The molecule has 0 spiro atoms. The highest BCUT2D eigenvalue weighted by atomic mass is 16.3. The van der Waals surface area contributed by atoms with Gasteiger partial charge in [0.1, 0.15) is 5.65 Å². The Balaban J connectivity index is 1.80. The van der Waals surface area contributed by atoms with Gasteiger partial charge in [-0.25, -0.2) is 4.68 Å². The molecule has 3 heterocycles. The van der Waals surface area contributed by atoms with Crippen LogP contribution in [0.1, 0.15) is 38.1 Å². The van der Waals surface area contributed by atoms with E-state index in [0.717, 1.165) is 25.7 Å². The summed E-state index contributed by atoms with van der Waals surface area (Å²) in [5.74, 6) is 0.303. The molecule has 1 fully saturated rings. The van der Waals surface area contributed by atoms with E-state index in [1.54, 1.807) is 12.3 Å². The first-order valence-corrected chi connectivity index (χ1v) is 8.37. The van der Waals surface area contributed by atoms with E-state index in [1.165, 1.54) is 10.9 Å². The fourth-order valence-corrected chi connectivity index (χ4v) is 3.79. The lowest BCUT2D eigenvalue weighted by atomic mass is 9.96. The summed E-state index contributed by atoms with van der Waals surface area (Å²) < 4.78 is 1.53. The lowest BCUT2D eigenvalue weighted by molar-refractivity contribution is 0.278. The van der Waals surface area contributed by atoms with E-state index in [0.29, 0.717) is 34.6 Å². The second kappa shape index (κ2) is 6.09. The summed E-state index contributed by atoms with van der Waals surface area (Å²) in [6.07, 6.45) is 7.89. The maximum atomic E-state index is 10.8. The molecule has 1 aliphatic carbocycles. The molecule has 3 N–H and O–H groups in total. The maximum Gasteiger partial charge on any atom is 0.316 e. The first-order valence-electron chi connectivity index (χ1n) is 8.37. The molecule has 3 aromatic heterocycles. The zero-order chi connectivity index (χ0) is 17.4. The van der Waals surface area contributed by atoms with Crippen LogP contribution in [-0.4, -0.2) is 34.9 Å². The molecule has 0 amide bonds. The van der Waals surface area contributed by atoms with Gasteiger partial charge in [0.15, 0.2) is 0 Å². The van der Waals surface area contributed by atoms with Crippen LogP contribution in [0.15, 0.2) is 18.5 Å². The van der Waals surface area contributed by atoms with E-state index >= 15 is 0 Å². The molecule has 0 aliphatic heterocycles. The average Bonchev–Trinajstić information content (AvgIpc) is 3.33. The van der Waals surface area contributed by atoms with Gasteiger partial charge < -0.3 is 15.2 Å². The molecule has 128 valence electrons. The highest BCUT2D eigenvalue weighted by molar-refractivity contribution is 5.92. The molecule has 0 aromatic carbocycles. The first-order chi connectivity index (χ1) is 12.2. The number of nitrogens with one attached hydrogen (secondary N) is 1. The van der Waals surface area contributed by atoms with Crippen molar-refractivity contribution in [2.24, 2.45) is 5.92 Å². The topological polar surface area (TPSA) is 124 Å². The molecule has 3 aromatic rings. The van der Waals surface area contributed by atoms with Gasteiger partial charge in [0, 0.05) is 11.6 Å². The number of hydrogen-bond donors (Lipinski definition) is 3. The van der Waals surface area contributed by atoms with Gasteiger partial charge in [-0.3, -0.25) is 0 Å². The number of fused-ring (bicyclic) bond motifs is 1. The number of nitriles is 1. The molecule has 1 atom stereocenters. The zero-order valence-electron chi connectivity index (χ0n) is 13.6. The Morgan fingerprint density at radius 1 is 1.32 bits per heavy atom. The van der Waals surface area contributed by atoms with Crippen LogP contribution in [0, 0.1) is 17.2 Å². The molecular formula is C17H18N6O2. The van der Waals surface area contributed by atoms with Crippen LogP contribution in [-0.2, 0) is 0 Å². The summed E-state index contributed by atoms with van der Waals surface area (Å²) in [7, 11) is 0. The highest BCUT2D eigenvalue weighted by Gasteiger charge is 2.30. The fraction of sp³-hybridized carbons (Fsp3) is 0.412. The normalized spacial score (nSPS) is 16.3. The Hall–Kier alpha value is -3.08. The predicted molar refractivity (Wildman–Crippen MR) is 89.7 cm³/mol. The van der Waals surface area contributed by atoms with Crippen LogP contribution in [0.5, 0.6) is 11.9 Å². The minimum atomic E-state index is -0.374. The monoisotopic (exact) mass is 338 g/mol. The van der Waals surface area contributed by atoms with Crippen LogP contribution in [0.3, 0.4) is 0 Å². The quantitative estimate of drug-likeness (QED) is 0.672. The molecule has 8 heteroatoms. The van der Waals surface area contributed by atoms with Crippen molar-refractivity contribution in [2.75, 3.05) is 0 Å². The summed E-state index contributed by atoms with van der Waals surface area (Å²) >= 11 is 0. The second-order valence-corrected chi connectivity index (χ2v) is 6.41. The summed E-state index contributed by atoms with van der Waals surface area (Å²) in [4.78, 5) is 10.9. The molecule has 1 unspecified atom stereocenters. The van der Waals surface area contributed by atoms with E-state index in [1.807, 2.05) is 0 Å². The largest absolute Gasteiger partial charge is 0.493 e. The standard InChI is InChI=1S/C17H18N6O2/c18-7-5-13(10-3-1-2-4-10)23-16(24)12(9-20-23)14-11-6-8-19-15(11)22-17(25)21-14/h6,8-10,13,24H,1-5H2,(H2,19,21,22,25). The number of aromatic hydroxyl groups is 2. The highest BCUT2D eigenvalue weighted by Crippen LogP contribution is 2.40. The number of rotatable bonds is 4. The molecule has 0 saturated heterocycles. The summed E-state index contributed by atoms with van der Waals surface area (Å²) in [5.41, 5.74) is 1.32. The summed E-state index contributed by atoms with van der Waals surface area (Å²) in [6.45, 7) is 0. The summed E-state index contributed by atoms with van der Waals surface area (Å²) in [6, 6.07) is 3.47. The molecule has 8 nitrogen and oxygen atoms in total. The van der Waals surface area contributed by atoms with Gasteiger partial charge in [-0.1, -0.05) is 12.8 Å². The van der Waals surface area contributed by atoms with Crippen molar-refractivity contribution in [3.05, 3.63) is 18.5 Å². The molecule has 4 rings (SSSR count). The Morgan fingerprint density at radius 2 is 2.12 bits per heavy atom. The molecule has 1 aliphatic rings. The van der Waals surface area contributed by atoms with Gasteiger partial charge in [0.05, 0.1) is 36.0 Å². The molecular weight excluding hydrogens is 320 g/mol. The Kier molecular flexibility index (Phi) is 3.76. The van der Waals surface area contributed by atoms with Gasteiger partial charge in [-0.2, -0.15) is 20.3 Å². The van der Waals surface area contributed by atoms with Crippen LogP contribution >= 0.6 is 0 Å².